The maximum atomic E-state index is 12.1. The predicted octanol–water partition coefficient (Wildman–Crippen LogP) is 3.11. The number of aromatic nitrogens is 4. The number of pyridine rings is 1. The molecule has 0 saturated heterocycles. The third-order valence-corrected chi connectivity index (χ3v) is 5.13. The lowest BCUT2D eigenvalue weighted by Crippen LogP contribution is -2.22. The molecule has 8 heteroatoms. The molecule has 118 valence electrons. The van der Waals surface area contributed by atoms with Gasteiger partial charge >= 0.3 is 0 Å². The van der Waals surface area contributed by atoms with E-state index in [1.54, 1.807) is 12.4 Å². The highest BCUT2D eigenvalue weighted by Gasteiger charge is 2.15. The van der Waals surface area contributed by atoms with Crippen molar-refractivity contribution in [3.63, 3.8) is 0 Å². The molecule has 23 heavy (non-hydrogen) atoms. The Kier molecular flexibility index (Phi) is 4.73. The van der Waals surface area contributed by atoms with Crippen molar-refractivity contribution in [3.05, 3.63) is 44.9 Å². The van der Waals surface area contributed by atoms with Crippen LogP contribution in [-0.4, -0.2) is 26.1 Å². The second kappa shape index (κ2) is 6.93. The van der Waals surface area contributed by atoms with Crippen LogP contribution in [0.25, 0.3) is 11.3 Å². The van der Waals surface area contributed by atoms with Crippen LogP contribution < -0.4 is 5.32 Å². The first-order valence-corrected chi connectivity index (χ1v) is 8.79. The molecule has 0 aliphatic rings. The van der Waals surface area contributed by atoms with Crippen molar-refractivity contribution in [2.45, 2.75) is 26.3 Å². The van der Waals surface area contributed by atoms with Crippen molar-refractivity contribution < 1.29 is 4.79 Å². The van der Waals surface area contributed by atoms with Gasteiger partial charge in [0, 0.05) is 29.3 Å². The lowest BCUT2D eigenvalue weighted by molar-refractivity contribution is 0.0950. The molecule has 0 fully saturated rings. The number of thiazole rings is 1. The van der Waals surface area contributed by atoms with Crippen LogP contribution in [0.3, 0.4) is 0 Å². The van der Waals surface area contributed by atoms with Gasteiger partial charge < -0.3 is 5.32 Å². The van der Waals surface area contributed by atoms with Gasteiger partial charge in [-0.15, -0.1) is 21.5 Å². The molecule has 3 rings (SSSR count). The van der Waals surface area contributed by atoms with Crippen molar-refractivity contribution in [1.29, 1.82) is 0 Å². The second-order valence-electron chi connectivity index (χ2n) is 5.15. The van der Waals surface area contributed by atoms with Crippen molar-refractivity contribution >= 4 is 28.6 Å². The topological polar surface area (TPSA) is 80.7 Å². The summed E-state index contributed by atoms with van der Waals surface area (Å²) < 4.78 is 0. The number of amides is 1. The molecule has 0 aromatic carbocycles. The average molecular weight is 345 g/mol. The Hall–Kier alpha value is -2.19. The lowest BCUT2D eigenvalue weighted by Gasteiger charge is -1.99. The van der Waals surface area contributed by atoms with Crippen molar-refractivity contribution in [2.75, 3.05) is 0 Å². The molecule has 3 aromatic rings. The molecule has 3 aromatic heterocycles. The van der Waals surface area contributed by atoms with Gasteiger partial charge in [0.1, 0.15) is 10.0 Å². The quantitative estimate of drug-likeness (QED) is 0.768. The summed E-state index contributed by atoms with van der Waals surface area (Å²) in [6.07, 6.45) is 3.47. The summed E-state index contributed by atoms with van der Waals surface area (Å²) in [5.41, 5.74) is 1.90. The SMILES string of the molecule is CC(C)c1nnc(C(=O)NCc2nc(-c3ccncc3)cs2)s1. The molecule has 0 atom stereocenters. The molecule has 1 N–H and O–H groups in total. The van der Waals surface area contributed by atoms with Crippen LogP contribution in [0.15, 0.2) is 29.9 Å². The maximum Gasteiger partial charge on any atom is 0.282 e. The van der Waals surface area contributed by atoms with E-state index in [9.17, 15) is 4.79 Å². The number of carbonyl (C=O) groups excluding carboxylic acids is 1. The van der Waals surface area contributed by atoms with Gasteiger partial charge in [-0.25, -0.2) is 4.98 Å². The van der Waals surface area contributed by atoms with Crippen LogP contribution in [0.1, 0.15) is 39.6 Å². The van der Waals surface area contributed by atoms with Crippen LogP contribution in [-0.2, 0) is 6.54 Å². The maximum absolute atomic E-state index is 12.1. The first-order chi connectivity index (χ1) is 11.1. The van der Waals surface area contributed by atoms with E-state index < -0.39 is 0 Å². The Morgan fingerprint density at radius 3 is 2.74 bits per heavy atom. The highest BCUT2D eigenvalue weighted by Crippen LogP contribution is 2.21. The molecule has 0 radical (unpaired) electrons. The van der Waals surface area contributed by atoms with Gasteiger partial charge in [0.05, 0.1) is 12.2 Å². The number of hydrogen-bond donors (Lipinski definition) is 1. The summed E-state index contributed by atoms with van der Waals surface area (Å²) in [6, 6.07) is 3.82. The smallest absolute Gasteiger partial charge is 0.282 e. The summed E-state index contributed by atoms with van der Waals surface area (Å²) in [7, 11) is 0. The Balaban J connectivity index is 1.62. The van der Waals surface area contributed by atoms with Gasteiger partial charge in [-0.3, -0.25) is 9.78 Å². The van der Waals surface area contributed by atoms with E-state index in [2.05, 4.69) is 25.5 Å². The van der Waals surface area contributed by atoms with Crippen LogP contribution >= 0.6 is 22.7 Å². The van der Waals surface area contributed by atoms with E-state index in [0.29, 0.717) is 11.6 Å². The second-order valence-corrected chi connectivity index (χ2v) is 7.10. The van der Waals surface area contributed by atoms with Crippen molar-refractivity contribution in [1.82, 2.24) is 25.5 Å². The average Bonchev–Trinajstić information content (AvgIpc) is 3.23. The Labute approximate surface area is 141 Å². The lowest BCUT2D eigenvalue weighted by atomic mass is 10.2. The normalized spacial score (nSPS) is 10.9. The van der Waals surface area contributed by atoms with Crippen LogP contribution in [0.5, 0.6) is 0 Å². The predicted molar refractivity (Wildman–Crippen MR) is 90.5 cm³/mol. The van der Waals surface area contributed by atoms with E-state index in [0.717, 1.165) is 21.3 Å². The minimum absolute atomic E-state index is 0.213. The summed E-state index contributed by atoms with van der Waals surface area (Å²) in [4.78, 5) is 20.6. The fraction of sp³-hybridized carbons (Fsp3) is 0.267. The molecule has 6 nitrogen and oxygen atoms in total. The molecular formula is C15H15N5OS2. The van der Waals surface area contributed by atoms with Gasteiger partial charge in [-0.2, -0.15) is 0 Å². The van der Waals surface area contributed by atoms with Gasteiger partial charge in [0.15, 0.2) is 0 Å². The summed E-state index contributed by atoms with van der Waals surface area (Å²) in [5.74, 6) is 0.0611. The van der Waals surface area contributed by atoms with E-state index in [4.69, 9.17) is 0 Å². The van der Waals surface area contributed by atoms with Gasteiger partial charge in [0.2, 0.25) is 5.01 Å². The molecule has 3 heterocycles. The molecular weight excluding hydrogens is 330 g/mol. The number of hydrogen-bond acceptors (Lipinski definition) is 7. The minimum Gasteiger partial charge on any atom is -0.343 e. The molecule has 0 bridgehead atoms. The van der Waals surface area contributed by atoms with E-state index >= 15 is 0 Å². The molecule has 0 unspecified atom stereocenters. The van der Waals surface area contributed by atoms with Gasteiger partial charge in [-0.1, -0.05) is 25.2 Å². The monoisotopic (exact) mass is 345 g/mol. The third-order valence-electron chi connectivity index (χ3n) is 3.06. The van der Waals surface area contributed by atoms with Gasteiger partial charge in [-0.05, 0) is 12.1 Å². The summed E-state index contributed by atoms with van der Waals surface area (Å²) >= 11 is 2.84. The van der Waals surface area contributed by atoms with E-state index in [1.165, 1.54) is 22.7 Å². The van der Waals surface area contributed by atoms with Crippen LogP contribution in [0, 0.1) is 0 Å². The highest BCUT2D eigenvalue weighted by atomic mass is 32.1. The fourth-order valence-electron chi connectivity index (χ4n) is 1.84. The standard InChI is InChI=1S/C15H15N5OS2/c1-9(2)14-19-20-15(23-14)13(21)17-7-12-18-11(8-22-12)10-3-5-16-6-4-10/h3-6,8-9H,7H2,1-2H3,(H,17,21). The highest BCUT2D eigenvalue weighted by molar-refractivity contribution is 7.13. The molecule has 0 aliphatic heterocycles. The molecule has 0 saturated carbocycles. The van der Waals surface area contributed by atoms with Gasteiger partial charge in [0.25, 0.3) is 5.91 Å². The first kappa shape index (κ1) is 15.7. The van der Waals surface area contributed by atoms with E-state index in [1.807, 2.05) is 31.4 Å². The number of nitrogens with one attached hydrogen (secondary N) is 1. The zero-order chi connectivity index (χ0) is 16.2. The van der Waals surface area contributed by atoms with Crippen LogP contribution in [0.2, 0.25) is 0 Å². The summed E-state index contributed by atoms with van der Waals surface area (Å²) in [5, 5.41) is 14.9. The Bertz CT molecular complexity index is 797. The number of nitrogens with zero attached hydrogens (tertiary/aromatic N) is 4. The number of carbonyl (C=O) groups is 1. The number of rotatable bonds is 5. The molecule has 1 amide bonds. The Morgan fingerprint density at radius 1 is 1.26 bits per heavy atom. The fourth-order valence-corrected chi connectivity index (χ4v) is 3.34. The third kappa shape index (κ3) is 3.77. The summed E-state index contributed by atoms with van der Waals surface area (Å²) in [6.45, 7) is 4.43. The Morgan fingerprint density at radius 2 is 2.04 bits per heavy atom. The van der Waals surface area contributed by atoms with Crippen molar-refractivity contribution in [2.24, 2.45) is 0 Å². The van der Waals surface area contributed by atoms with Crippen molar-refractivity contribution in [3.8, 4) is 11.3 Å². The largest absolute Gasteiger partial charge is 0.343 e. The van der Waals surface area contributed by atoms with E-state index in [-0.39, 0.29) is 11.8 Å². The zero-order valence-electron chi connectivity index (χ0n) is 12.7. The molecule has 0 spiro atoms. The molecule has 0 aliphatic carbocycles. The zero-order valence-corrected chi connectivity index (χ0v) is 14.3. The van der Waals surface area contributed by atoms with Crippen LogP contribution in [0.4, 0.5) is 0 Å². The first-order valence-electron chi connectivity index (χ1n) is 7.10. The minimum atomic E-state index is -0.213.